The van der Waals surface area contributed by atoms with Crippen LogP contribution in [-0.4, -0.2) is 62.9 Å². The molecule has 8 nitrogen and oxygen atoms in total. The monoisotopic (exact) mass is 298 g/mol. The highest BCUT2D eigenvalue weighted by Crippen LogP contribution is 2.41. The fourth-order valence-electron chi connectivity index (χ4n) is 2.27. The first kappa shape index (κ1) is 15.4. The second-order valence-corrected chi connectivity index (χ2v) is 4.84. The van der Waals surface area contributed by atoms with Crippen molar-refractivity contribution in [3.63, 3.8) is 0 Å². The van der Waals surface area contributed by atoms with E-state index in [0.29, 0.717) is 0 Å². The maximum atomic E-state index is 13.2. The molecule has 0 aliphatic carbocycles. The van der Waals surface area contributed by atoms with Crippen molar-refractivity contribution in [1.82, 2.24) is 4.90 Å². The minimum atomic E-state index is -2.48. The van der Waals surface area contributed by atoms with Gasteiger partial charge in [0.1, 0.15) is 30.5 Å². The molecule has 0 bridgehead atoms. The van der Waals surface area contributed by atoms with E-state index in [9.17, 15) is 25.0 Å². The topological polar surface area (TPSA) is 135 Å². The lowest BCUT2D eigenvalue weighted by molar-refractivity contribution is -0.144. The Morgan fingerprint density at radius 3 is 2.81 bits per heavy atom. The number of alkyl halides is 1. The third-order valence-corrected chi connectivity index (χ3v) is 3.53. The third kappa shape index (κ3) is 2.09. The molecule has 114 valence electrons. The summed E-state index contributed by atoms with van der Waals surface area (Å²) >= 11 is 0. The standard InChI is InChI=1S/C12H15FN4O4/c1-7-16-8(15)2-3-17(7)10-12(20,5-14)9(19)11(4-13,6-18)21-10/h2-3,9-10,18-20H,1,4,6H2,(H2,15,16)/t9-,10-,11-,12-/m1/s1. The van der Waals surface area contributed by atoms with Gasteiger partial charge in [-0.25, -0.2) is 9.38 Å². The number of rotatable bonds is 3. The molecule has 5 N–H and O–H groups in total. The molecule has 9 heteroatoms. The number of ether oxygens (including phenoxy) is 1. The lowest BCUT2D eigenvalue weighted by Crippen LogP contribution is -2.55. The molecule has 2 aliphatic rings. The summed E-state index contributed by atoms with van der Waals surface area (Å²) in [6.07, 6.45) is -0.771. The van der Waals surface area contributed by atoms with E-state index in [0.717, 1.165) is 4.90 Å². The maximum absolute atomic E-state index is 13.2. The summed E-state index contributed by atoms with van der Waals surface area (Å²) in [5.74, 6) is 0.183. The summed E-state index contributed by atoms with van der Waals surface area (Å²) in [5, 5.41) is 38.9. The molecule has 0 aromatic carbocycles. The van der Waals surface area contributed by atoms with Crippen LogP contribution in [0, 0.1) is 11.3 Å². The molecule has 2 aliphatic heterocycles. The summed E-state index contributed by atoms with van der Waals surface area (Å²) in [5.41, 5.74) is 0.893. The molecule has 2 heterocycles. The fraction of sp³-hybridized carbons (Fsp3) is 0.500. The zero-order chi connectivity index (χ0) is 15.8. The van der Waals surface area contributed by atoms with Gasteiger partial charge in [-0.1, -0.05) is 6.58 Å². The van der Waals surface area contributed by atoms with Gasteiger partial charge < -0.3 is 30.7 Å². The number of hydrogen-bond acceptors (Lipinski definition) is 8. The Hall–Kier alpha value is -1.99. The van der Waals surface area contributed by atoms with Crippen molar-refractivity contribution >= 4 is 5.84 Å². The minimum absolute atomic E-state index is 0.0356. The van der Waals surface area contributed by atoms with Gasteiger partial charge in [-0.2, -0.15) is 5.26 Å². The molecule has 0 spiro atoms. The van der Waals surface area contributed by atoms with E-state index >= 15 is 0 Å². The van der Waals surface area contributed by atoms with Gasteiger partial charge >= 0.3 is 0 Å². The van der Waals surface area contributed by atoms with E-state index in [4.69, 9.17) is 10.5 Å². The van der Waals surface area contributed by atoms with Crippen molar-refractivity contribution in [1.29, 1.82) is 5.26 Å². The Morgan fingerprint density at radius 2 is 2.33 bits per heavy atom. The van der Waals surface area contributed by atoms with Crippen molar-refractivity contribution < 1.29 is 24.4 Å². The van der Waals surface area contributed by atoms with E-state index in [2.05, 4.69) is 11.6 Å². The normalized spacial score (nSPS) is 39.3. The highest BCUT2D eigenvalue weighted by Gasteiger charge is 2.66. The number of nitrogens with zero attached hydrogens (tertiary/aromatic N) is 3. The molecular weight excluding hydrogens is 283 g/mol. The largest absolute Gasteiger partial charge is 0.393 e. The van der Waals surface area contributed by atoms with Crippen molar-refractivity contribution in [3.8, 4) is 6.07 Å². The van der Waals surface area contributed by atoms with Gasteiger partial charge in [-0.05, 0) is 6.08 Å². The van der Waals surface area contributed by atoms with Crippen molar-refractivity contribution in [2.24, 2.45) is 10.7 Å². The average molecular weight is 298 g/mol. The molecule has 4 atom stereocenters. The van der Waals surface area contributed by atoms with Crippen LogP contribution in [-0.2, 0) is 4.74 Å². The summed E-state index contributed by atoms with van der Waals surface area (Å²) in [6, 6.07) is 1.50. The van der Waals surface area contributed by atoms with E-state index in [-0.39, 0.29) is 11.7 Å². The van der Waals surface area contributed by atoms with Crippen molar-refractivity contribution in [3.05, 3.63) is 24.7 Å². The summed E-state index contributed by atoms with van der Waals surface area (Å²) in [4.78, 5) is 4.97. The molecule has 21 heavy (non-hydrogen) atoms. The maximum Gasteiger partial charge on any atom is 0.225 e. The second-order valence-electron chi connectivity index (χ2n) is 4.84. The Labute approximate surface area is 119 Å². The first-order valence-corrected chi connectivity index (χ1v) is 6.00. The fourth-order valence-corrected chi connectivity index (χ4v) is 2.27. The quantitative estimate of drug-likeness (QED) is 0.457. The number of aliphatic hydroxyl groups is 3. The Morgan fingerprint density at radius 1 is 1.67 bits per heavy atom. The number of amidine groups is 1. The highest BCUT2D eigenvalue weighted by molar-refractivity contribution is 5.92. The van der Waals surface area contributed by atoms with Gasteiger partial charge in [0.15, 0.2) is 11.8 Å². The predicted octanol–water partition coefficient (Wildman–Crippen LogP) is -1.68. The lowest BCUT2D eigenvalue weighted by Gasteiger charge is -2.33. The molecule has 2 rings (SSSR count). The van der Waals surface area contributed by atoms with Crippen LogP contribution in [0.2, 0.25) is 0 Å². The second kappa shape index (κ2) is 5.09. The summed E-state index contributed by atoms with van der Waals surface area (Å²) in [6.45, 7) is 1.38. The zero-order valence-corrected chi connectivity index (χ0v) is 11.0. The van der Waals surface area contributed by atoms with Gasteiger partial charge in [-0.15, -0.1) is 0 Å². The molecule has 0 amide bonds. The smallest absolute Gasteiger partial charge is 0.225 e. The number of hydrogen-bond donors (Lipinski definition) is 4. The van der Waals surface area contributed by atoms with Crippen LogP contribution in [0.5, 0.6) is 0 Å². The summed E-state index contributed by atoms with van der Waals surface area (Å²) < 4.78 is 18.5. The average Bonchev–Trinajstić information content (AvgIpc) is 2.70. The molecule has 0 unspecified atom stereocenters. The SMILES string of the molecule is C=C1N=C(N)C=CN1[C@@H]1O[C@@](CO)(CF)[C@@H](O)[C@]1(O)C#N. The Kier molecular flexibility index (Phi) is 3.73. The zero-order valence-electron chi connectivity index (χ0n) is 11.0. The molecule has 0 aromatic rings. The predicted molar refractivity (Wildman–Crippen MR) is 69.0 cm³/mol. The number of nitriles is 1. The first-order valence-electron chi connectivity index (χ1n) is 6.00. The minimum Gasteiger partial charge on any atom is -0.393 e. The number of halogens is 1. The molecule has 1 fully saturated rings. The Bertz CT molecular complexity index is 554. The van der Waals surface area contributed by atoms with Crippen molar-refractivity contribution in [2.45, 2.75) is 23.5 Å². The molecular formula is C12H15FN4O4. The van der Waals surface area contributed by atoms with E-state index in [1.54, 1.807) is 0 Å². The van der Waals surface area contributed by atoms with Crippen LogP contribution in [0.25, 0.3) is 0 Å². The van der Waals surface area contributed by atoms with Crippen LogP contribution < -0.4 is 5.73 Å². The van der Waals surface area contributed by atoms with Gasteiger partial charge in [0.25, 0.3) is 0 Å². The van der Waals surface area contributed by atoms with Gasteiger partial charge in [0.2, 0.25) is 5.60 Å². The number of aliphatic imine (C=N–C) groups is 1. The molecule has 0 saturated carbocycles. The van der Waals surface area contributed by atoms with E-state index < -0.39 is 36.8 Å². The lowest BCUT2D eigenvalue weighted by atomic mass is 9.88. The van der Waals surface area contributed by atoms with Crippen LogP contribution in [0.4, 0.5) is 4.39 Å². The van der Waals surface area contributed by atoms with Crippen LogP contribution in [0.1, 0.15) is 0 Å². The Balaban J connectivity index is 2.42. The van der Waals surface area contributed by atoms with Crippen molar-refractivity contribution in [2.75, 3.05) is 13.3 Å². The van der Waals surface area contributed by atoms with Gasteiger partial charge in [-0.3, -0.25) is 0 Å². The molecule has 0 aromatic heterocycles. The van der Waals surface area contributed by atoms with Crippen LogP contribution in [0.3, 0.4) is 0 Å². The molecule has 1 saturated heterocycles. The molecule has 0 radical (unpaired) electrons. The van der Waals surface area contributed by atoms with Crippen LogP contribution in [0.15, 0.2) is 29.7 Å². The first-order chi connectivity index (χ1) is 9.84. The highest BCUT2D eigenvalue weighted by atomic mass is 19.1. The third-order valence-electron chi connectivity index (χ3n) is 3.53. The van der Waals surface area contributed by atoms with E-state index in [1.165, 1.54) is 18.3 Å². The number of aliphatic hydroxyl groups excluding tert-OH is 2. The van der Waals surface area contributed by atoms with Crippen LogP contribution >= 0.6 is 0 Å². The van der Waals surface area contributed by atoms with Gasteiger partial charge in [0, 0.05) is 6.20 Å². The summed E-state index contributed by atoms with van der Waals surface area (Å²) in [7, 11) is 0. The van der Waals surface area contributed by atoms with E-state index in [1.807, 2.05) is 0 Å². The number of nitrogens with two attached hydrogens (primary N) is 1. The van der Waals surface area contributed by atoms with Gasteiger partial charge in [0.05, 0.1) is 6.61 Å².